The van der Waals surface area contributed by atoms with Gasteiger partial charge in [0.2, 0.25) is 0 Å². The van der Waals surface area contributed by atoms with Gasteiger partial charge in [0.05, 0.1) is 10.7 Å². The molecule has 98 valence electrons. The molecule has 0 fully saturated rings. The molecule has 2 rings (SSSR count). The molecule has 0 aliphatic rings. The van der Waals surface area contributed by atoms with E-state index in [1.807, 2.05) is 6.92 Å². The van der Waals surface area contributed by atoms with Crippen molar-refractivity contribution in [3.63, 3.8) is 0 Å². The van der Waals surface area contributed by atoms with Crippen LogP contribution in [0.5, 0.6) is 0 Å². The number of anilines is 1. The first kappa shape index (κ1) is 13.8. The van der Waals surface area contributed by atoms with Crippen LogP contribution in [-0.2, 0) is 0 Å². The number of benzene rings is 1. The van der Waals surface area contributed by atoms with Gasteiger partial charge in [0.15, 0.2) is 5.15 Å². The average Bonchev–Trinajstić information content (AvgIpc) is 2.37. The molecule has 0 aliphatic carbocycles. The third-order valence-corrected chi connectivity index (χ3v) is 3.00. The van der Waals surface area contributed by atoms with Crippen molar-refractivity contribution in [2.45, 2.75) is 6.92 Å². The van der Waals surface area contributed by atoms with Crippen LogP contribution in [0.25, 0.3) is 0 Å². The van der Waals surface area contributed by atoms with E-state index < -0.39 is 11.7 Å². The van der Waals surface area contributed by atoms with Gasteiger partial charge in [-0.1, -0.05) is 23.2 Å². The van der Waals surface area contributed by atoms with Crippen molar-refractivity contribution in [3.05, 3.63) is 57.6 Å². The second kappa shape index (κ2) is 5.55. The van der Waals surface area contributed by atoms with Crippen LogP contribution in [0.2, 0.25) is 10.2 Å². The molecule has 1 aromatic heterocycles. The normalized spacial score (nSPS) is 10.3. The minimum absolute atomic E-state index is 0.110. The zero-order chi connectivity index (χ0) is 14.0. The highest BCUT2D eigenvalue weighted by atomic mass is 35.5. The van der Waals surface area contributed by atoms with E-state index >= 15 is 0 Å². The second-order valence-electron chi connectivity index (χ2n) is 3.93. The number of hydrogen-bond acceptors (Lipinski definition) is 2. The Labute approximate surface area is 119 Å². The van der Waals surface area contributed by atoms with Crippen molar-refractivity contribution >= 4 is 34.8 Å². The highest BCUT2D eigenvalue weighted by Crippen LogP contribution is 2.22. The number of hydrogen-bond donors (Lipinski definition) is 1. The Morgan fingerprint density at radius 1 is 1.32 bits per heavy atom. The number of carbonyl (C=O) groups excluding carboxylic acids is 1. The van der Waals surface area contributed by atoms with Crippen molar-refractivity contribution < 1.29 is 9.18 Å². The summed E-state index contributed by atoms with van der Waals surface area (Å²) >= 11 is 11.5. The number of nitrogens with one attached hydrogen (secondary N) is 1. The van der Waals surface area contributed by atoms with Gasteiger partial charge < -0.3 is 5.32 Å². The fourth-order valence-electron chi connectivity index (χ4n) is 1.47. The molecule has 0 aliphatic heterocycles. The predicted molar refractivity (Wildman–Crippen MR) is 73.3 cm³/mol. The van der Waals surface area contributed by atoms with Crippen LogP contribution >= 0.6 is 23.2 Å². The summed E-state index contributed by atoms with van der Waals surface area (Å²) in [6.07, 6.45) is 1.59. The molecule has 19 heavy (non-hydrogen) atoms. The maximum atomic E-state index is 13.0. The summed E-state index contributed by atoms with van der Waals surface area (Å²) < 4.78 is 13.0. The molecule has 0 atom stereocenters. The Hall–Kier alpha value is -1.65. The van der Waals surface area contributed by atoms with Gasteiger partial charge in [-0.2, -0.15) is 0 Å². The number of amides is 1. The van der Waals surface area contributed by atoms with Crippen LogP contribution in [0, 0.1) is 12.7 Å². The zero-order valence-corrected chi connectivity index (χ0v) is 11.4. The monoisotopic (exact) mass is 298 g/mol. The quantitative estimate of drug-likeness (QED) is 0.849. The van der Waals surface area contributed by atoms with Gasteiger partial charge >= 0.3 is 0 Å². The number of pyridine rings is 1. The van der Waals surface area contributed by atoms with Crippen molar-refractivity contribution in [1.29, 1.82) is 0 Å². The Morgan fingerprint density at radius 2 is 2.05 bits per heavy atom. The van der Waals surface area contributed by atoms with E-state index in [0.29, 0.717) is 5.69 Å². The third-order valence-electron chi connectivity index (χ3n) is 2.41. The first-order valence-electron chi connectivity index (χ1n) is 5.36. The Kier molecular flexibility index (Phi) is 4.02. The summed E-state index contributed by atoms with van der Waals surface area (Å²) in [5.74, 6) is -1.01. The van der Waals surface area contributed by atoms with Gasteiger partial charge in [-0.25, -0.2) is 9.37 Å². The lowest BCUT2D eigenvalue weighted by Crippen LogP contribution is -2.12. The summed E-state index contributed by atoms with van der Waals surface area (Å²) in [6, 6.07) is 5.42. The summed E-state index contributed by atoms with van der Waals surface area (Å²) in [5, 5.41) is 2.68. The molecule has 0 radical (unpaired) electrons. The van der Waals surface area contributed by atoms with Gasteiger partial charge in [-0.15, -0.1) is 0 Å². The second-order valence-corrected chi connectivity index (χ2v) is 4.70. The molecule has 0 spiro atoms. The molecular formula is C13H9Cl2FN2O. The first-order valence-corrected chi connectivity index (χ1v) is 6.11. The number of aryl methyl sites for hydroxylation is 1. The van der Waals surface area contributed by atoms with Gasteiger partial charge in [-0.05, 0) is 36.8 Å². The molecular weight excluding hydrogens is 290 g/mol. The van der Waals surface area contributed by atoms with E-state index in [9.17, 15) is 9.18 Å². The average molecular weight is 299 g/mol. The minimum atomic E-state index is -0.575. The predicted octanol–water partition coefficient (Wildman–Crippen LogP) is 4.09. The van der Waals surface area contributed by atoms with E-state index in [4.69, 9.17) is 23.2 Å². The van der Waals surface area contributed by atoms with Crippen LogP contribution < -0.4 is 5.32 Å². The molecule has 1 aromatic carbocycles. The van der Waals surface area contributed by atoms with E-state index in [2.05, 4.69) is 10.3 Å². The Bertz CT molecular complexity index is 647. The number of aromatic nitrogens is 1. The van der Waals surface area contributed by atoms with Crippen LogP contribution in [0.4, 0.5) is 10.1 Å². The Morgan fingerprint density at radius 3 is 2.74 bits per heavy atom. The van der Waals surface area contributed by atoms with Gasteiger partial charge in [0.1, 0.15) is 5.82 Å². The van der Waals surface area contributed by atoms with Gasteiger partial charge in [-0.3, -0.25) is 4.79 Å². The summed E-state index contributed by atoms with van der Waals surface area (Å²) in [7, 11) is 0. The van der Waals surface area contributed by atoms with E-state index in [1.54, 1.807) is 12.3 Å². The summed E-state index contributed by atoms with van der Waals surface area (Å²) in [6.45, 7) is 1.83. The minimum Gasteiger partial charge on any atom is -0.319 e. The fraction of sp³-hybridized carbons (Fsp3) is 0.0769. The largest absolute Gasteiger partial charge is 0.319 e. The van der Waals surface area contributed by atoms with Crippen LogP contribution in [-0.4, -0.2) is 10.9 Å². The van der Waals surface area contributed by atoms with Crippen molar-refractivity contribution in [2.75, 3.05) is 5.32 Å². The molecule has 0 bridgehead atoms. The number of halogens is 3. The lowest BCUT2D eigenvalue weighted by molar-refractivity contribution is 0.102. The molecule has 1 N–H and O–H groups in total. The SMILES string of the molecule is Cc1cnc(Cl)c(NC(=O)c2ccc(F)c(Cl)c2)c1. The molecule has 2 aromatic rings. The third kappa shape index (κ3) is 3.22. The molecule has 6 heteroatoms. The number of rotatable bonds is 2. The van der Waals surface area contributed by atoms with Gasteiger partial charge in [0, 0.05) is 11.8 Å². The fourth-order valence-corrected chi connectivity index (χ4v) is 1.80. The highest BCUT2D eigenvalue weighted by Gasteiger charge is 2.11. The highest BCUT2D eigenvalue weighted by molar-refractivity contribution is 6.33. The molecule has 0 unspecified atom stereocenters. The van der Waals surface area contributed by atoms with E-state index in [-0.39, 0.29) is 15.7 Å². The van der Waals surface area contributed by atoms with Crippen molar-refractivity contribution in [3.8, 4) is 0 Å². The lowest BCUT2D eigenvalue weighted by Gasteiger charge is -2.08. The molecule has 3 nitrogen and oxygen atoms in total. The maximum Gasteiger partial charge on any atom is 0.255 e. The smallest absolute Gasteiger partial charge is 0.255 e. The summed E-state index contributed by atoms with van der Waals surface area (Å²) in [5.41, 5.74) is 1.49. The molecule has 0 saturated heterocycles. The maximum absolute atomic E-state index is 13.0. The van der Waals surface area contributed by atoms with Gasteiger partial charge in [0.25, 0.3) is 5.91 Å². The van der Waals surface area contributed by atoms with Crippen LogP contribution in [0.1, 0.15) is 15.9 Å². The van der Waals surface area contributed by atoms with E-state index in [0.717, 1.165) is 11.6 Å². The topological polar surface area (TPSA) is 42.0 Å². The molecule has 0 saturated carbocycles. The van der Waals surface area contributed by atoms with Crippen LogP contribution in [0.3, 0.4) is 0 Å². The molecule has 1 heterocycles. The number of carbonyl (C=O) groups is 1. The van der Waals surface area contributed by atoms with Crippen molar-refractivity contribution in [1.82, 2.24) is 4.98 Å². The van der Waals surface area contributed by atoms with Crippen molar-refractivity contribution in [2.24, 2.45) is 0 Å². The number of nitrogens with zero attached hydrogens (tertiary/aromatic N) is 1. The summed E-state index contributed by atoms with van der Waals surface area (Å²) in [4.78, 5) is 15.9. The first-order chi connectivity index (χ1) is 8.97. The zero-order valence-electron chi connectivity index (χ0n) is 9.88. The van der Waals surface area contributed by atoms with Crippen LogP contribution in [0.15, 0.2) is 30.5 Å². The van der Waals surface area contributed by atoms with E-state index in [1.165, 1.54) is 12.1 Å². The lowest BCUT2D eigenvalue weighted by atomic mass is 10.2. The Balaban J connectivity index is 2.25. The molecule has 1 amide bonds. The standard InChI is InChI=1S/C13H9Cl2FN2O/c1-7-4-11(12(15)17-6-7)18-13(19)8-2-3-10(16)9(14)5-8/h2-6H,1H3,(H,18,19).